The summed E-state index contributed by atoms with van der Waals surface area (Å²) in [5.74, 6) is 1.47. The lowest BCUT2D eigenvalue weighted by Gasteiger charge is -2.37. The van der Waals surface area contributed by atoms with Crippen LogP contribution in [-0.4, -0.2) is 0 Å². The van der Waals surface area contributed by atoms with Gasteiger partial charge in [0.1, 0.15) is 0 Å². The third-order valence-corrected chi connectivity index (χ3v) is 15.9. The highest BCUT2D eigenvalue weighted by molar-refractivity contribution is 5.98. The molecule has 0 radical (unpaired) electrons. The largest absolute Gasteiger partial charge is 0.309 e. The van der Waals surface area contributed by atoms with Crippen molar-refractivity contribution in [2.45, 2.75) is 50.4 Å². The van der Waals surface area contributed by atoms with Crippen LogP contribution < -0.4 is 4.90 Å². The second kappa shape index (κ2) is 14.7. The van der Waals surface area contributed by atoms with Gasteiger partial charge in [-0.25, -0.2) is 0 Å². The van der Waals surface area contributed by atoms with Gasteiger partial charge in [-0.1, -0.05) is 202 Å². The van der Waals surface area contributed by atoms with E-state index in [0.29, 0.717) is 5.92 Å². The lowest BCUT2D eigenvalue weighted by molar-refractivity contribution is 0.327. The average molecular weight is 834 g/mol. The summed E-state index contributed by atoms with van der Waals surface area (Å²) in [7, 11) is 0. The molecule has 9 aromatic rings. The normalized spacial score (nSPS) is 19.2. The average Bonchev–Trinajstić information content (AvgIpc) is 4.12. The van der Waals surface area contributed by atoms with E-state index in [2.05, 4.69) is 231 Å². The number of hydrogen-bond acceptors (Lipinski definition) is 1. The number of hydrogen-bond donors (Lipinski definition) is 0. The van der Waals surface area contributed by atoms with E-state index in [0.717, 1.165) is 5.92 Å². The van der Waals surface area contributed by atoms with Gasteiger partial charge in [-0.05, 0) is 139 Å². The highest BCUT2D eigenvalue weighted by atomic mass is 15.1. The van der Waals surface area contributed by atoms with Gasteiger partial charge >= 0.3 is 0 Å². The fourth-order valence-electron chi connectivity index (χ4n) is 13.3. The van der Waals surface area contributed by atoms with Crippen molar-refractivity contribution in [2.75, 3.05) is 4.90 Å². The predicted octanol–water partition coefficient (Wildman–Crippen LogP) is 17.2. The third kappa shape index (κ3) is 5.71. The summed E-state index contributed by atoms with van der Waals surface area (Å²) in [6, 6.07) is 80.0. The molecule has 0 saturated heterocycles. The molecule has 0 amide bonds. The van der Waals surface area contributed by atoms with E-state index < -0.39 is 0 Å². The molecule has 9 aromatic carbocycles. The Labute approximate surface area is 383 Å². The van der Waals surface area contributed by atoms with E-state index >= 15 is 0 Å². The summed E-state index contributed by atoms with van der Waals surface area (Å²) in [5, 5.41) is 0. The molecule has 0 heterocycles. The van der Waals surface area contributed by atoms with Crippen molar-refractivity contribution in [3.8, 4) is 66.8 Å². The maximum atomic E-state index is 2.62. The molecule has 3 unspecified atom stereocenters. The monoisotopic (exact) mass is 833 g/mol. The molecule has 312 valence electrons. The zero-order valence-corrected chi connectivity index (χ0v) is 37.1. The minimum absolute atomic E-state index is 0.0616. The lowest BCUT2D eigenvalue weighted by Crippen LogP contribution is -2.32. The number of para-hydroxylation sites is 2. The van der Waals surface area contributed by atoms with Crippen LogP contribution in [0.25, 0.3) is 66.8 Å². The molecule has 1 nitrogen and oxygen atoms in total. The van der Waals surface area contributed by atoms with E-state index in [1.165, 1.54) is 126 Å². The van der Waals surface area contributed by atoms with Crippen LogP contribution in [-0.2, 0) is 10.8 Å². The van der Waals surface area contributed by atoms with Crippen LogP contribution in [0.15, 0.2) is 212 Å². The molecule has 4 aliphatic carbocycles. The van der Waals surface area contributed by atoms with Gasteiger partial charge in [-0.15, -0.1) is 0 Å². The number of nitrogens with zero attached hydrogens (tertiary/aromatic N) is 1. The van der Waals surface area contributed by atoms with Crippen molar-refractivity contribution >= 4 is 17.1 Å². The Morgan fingerprint density at radius 1 is 0.385 bits per heavy atom. The Morgan fingerprint density at radius 2 is 0.892 bits per heavy atom. The Bertz CT molecular complexity index is 3340. The highest BCUT2D eigenvalue weighted by Gasteiger charge is 2.56. The molecule has 0 N–H and O–H groups in total. The molecule has 1 spiro atoms. The van der Waals surface area contributed by atoms with Gasteiger partial charge in [0, 0.05) is 27.6 Å². The molecule has 13 rings (SSSR count). The van der Waals surface area contributed by atoms with Crippen molar-refractivity contribution < 1.29 is 0 Å². The number of fused-ring (bicyclic) bond motifs is 11. The van der Waals surface area contributed by atoms with Crippen molar-refractivity contribution in [3.05, 3.63) is 235 Å². The molecule has 65 heavy (non-hydrogen) atoms. The molecule has 4 aliphatic rings. The molecule has 2 bridgehead atoms. The molecule has 0 aromatic heterocycles. The fourth-order valence-corrected chi connectivity index (χ4v) is 13.3. The summed E-state index contributed by atoms with van der Waals surface area (Å²) in [4.78, 5) is 2.61. The standard InChI is InChI=1S/C64H51N/c1-63(2)57-30-12-8-26-52(57)55-28-17-29-56(62(55)63)54-27-11-15-33-61(54)65(47-36-37-53-51-25-9-13-31-58(51)64(59(53)40-47)41-42-34-35-46(64)38-42)60-32-14-10-24-50(60)45-21-16-20-44(39-45)49-23-7-6-22-48(49)43-18-4-3-5-19-43/h3-33,36-37,39-40,42,46H,34-35,38,41H2,1-2H3. The summed E-state index contributed by atoms with van der Waals surface area (Å²) < 4.78 is 0. The molecule has 3 atom stereocenters. The van der Waals surface area contributed by atoms with Gasteiger partial charge in [0.2, 0.25) is 0 Å². The first-order valence-electron chi connectivity index (χ1n) is 23.7. The first kappa shape index (κ1) is 38.3. The fraction of sp³-hybridized carbons (Fsp3) is 0.156. The quantitative estimate of drug-likeness (QED) is 0.155. The van der Waals surface area contributed by atoms with Gasteiger partial charge in [0.05, 0.1) is 11.4 Å². The van der Waals surface area contributed by atoms with Crippen molar-refractivity contribution in [2.24, 2.45) is 11.8 Å². The van der Waals surface area contributed by atoms with Crippen molar-refractivity contribution in [3.63, 3.8) is 0 Å². The third-order valence-electron chi connectivity index (χ3n) is 15.9. The summed E-state index contributed by atoms with van der Waals surface area (Å²) in [6.45, 7) is 4.82. The highest BCUT2D eigenvalue weighted by Crippen LogP contribution is 2.66. The van der Waals surface area contributed by atoms with Crippen LogP contribution in [0.1, 0.15) is 61.8 Å². The maximum absolute atomic E-state index is 2.62. The number of benzene rings is 9. The molecular formula is C64H51N. The maximum Gasteiger partial charge on any atom is 0.0540 e. The van der Waals surface area contributed by atoms with Crippen LogP contribution in [0.4, 0.5) is 17.1 Å². The van der Waals surface area contributed by atoms with Crippen LogP contribution in [0.5, 0.6) is 0 Å². The summed E-state index contributed by atoms with van der Waals surface area (Å²) in [5.41, 5.74) is 24.7. The van der Waals surface area contributed by atoms with Crippen LogP contribution in [0, 0.1) is 11.8 Å². The van der Waals surface area contributed by atoms with Crippen LogP contribution in [0.3, 0.4) is 0 Å². The summed E-state index contributed by atoms with van der Waals surface area (Å²) in [6.07, 6.45) is 5.28. The topological polar surface area (TPSA) is 3.24 Å². The first-order chi connectivity index (χ1) is 32.0. The van der Waals surface area contributed by atoms with Crippen molar-refractivity contribution in [1.82, 2.24) is 0 Å². The van der Waals surface area contributed by atoms with Gasteiger partial charge in [-0.3, -0.25) is 0 Å². The minimum atomic E-state index is -0.164. The minimum Gasteiger partial charge on any atom is -0.309 e. The molecule has 0 aliphatic heterocycles. The second-order valence-corrected chi connectivity index (χ2v) is 19.6. The smallest absolute Gasteiger partial charge is 0.0540 e. The first-order valence-corrected chi connectivity index (χ1v) is 23.7. The number of rotatable bonds is 7. The van der Waals surface area contributed by atoms with E-state index in [-0.39, 0.29) is 10.8 Å². The predicted molar refractivity (Wildman–Crippen MR) is 272 cm³/mol. The Balaban J connectivity index is 1.04. The van der Waals surface area contributed by atoms with E-state index in [9.17, 15) is 0 Å². The second-order valence-electron chi connectivity index (χ2n) is 19.6. The Hall–Kier alpha value is -7.22. The molecule has 2 fully saturated rings. The van der Waals surface area contributed by atoms with E-state index in [4.69, 9.17) is 0 Å². The SMILES string of the molecule is CC1(C)c2ccccc2-c2cccc(-c3ccccc3N(c3ccc4c(c3)C3(CC5CCC3C5)c3ccccc3-4)c3ccccc3-c3cccc(-c4ccccc4-c4ccccc4)c3)c21. The zero-order valence-electron chi connectivity index (χ0n) is 37.1. The van der Waals surface area contributed by atoms with Crippen LogP contribution in [0.2, 0.25) is 0 Å². The molecule has 1 heteroatoms. The Kier molecular flexibility index (Phi) is 8.63. The van der Waals surface area contributed by atoms with Gasteiger partial charge in [0.15, 0.2) is 0 Å². The van der Waals surface area contributed by atoms with Gasteiger partial charge in [0.25, 0.3) is 0 Å². The van der Waals surface area contributed by atoms with E-state index in [1.54, 1.807) is 5.56 Å². The zero-order chi connectivity index (χ0) is 43.3. The Morgan fingerprint density at radius 3 is 1.60 bits per heavy atom. The van der Waals surface area contributed by atoms with Gasteiger partial charge in [-0.2, -0.15) is 0 Å². The van der Waals surface area contributed by atoms with Crippen molar-refractivity contribution in [1.29, 1.82) is 0 Å². The summed E-state index contributed by atoms with van der Waals surface area (Å²) >= 11 is 0. The molecular weight excluding hydrogens is 783 g/mol. The molecule has 2 saturated carbocycles. The lowest BCUT2D eigenvalue weighted by atomic mass is 9.67. The van der Waals surface area contributed by atoms with Crippen LogP contribution >= 0.6 is 0 Å². The number of anilines is 3. The van der Waals surface area contributed by atoms with E-state index in [1.807, 2.05) is 0 Å². The van der Waals surface area contributed by atoms with Gasteiger partial charge < -0.3 is 4.90 Å².